The largest absolute Gasteiger partial charge is 0.491 e. The number of hydrogen-bond donors (Lipinski definition) is 0. The molecular weight excluding hydrogens is 286 g/mol. The van der Waals surface area contributed by atoms with Crippen molar-refractivity contribution in [2.24, 2.45) is 0 Å². The Balaban J connectivity index is 2.07. The van der Waals surface area contributed by atoms with Gasteiger partial charge in [-0.1, -0.05) is 18.2 Å². The Morgan fingerprint density at radius 1 is 1.05 bits per heavy atom. The average molecular weight is 302 g/mol. The number of ether oxygens (including phenoxy) is 1. The number of halogens is 2. The summed E-state index contributed by atoms with van der Waals surface area (Å²) in [6.45, 7) is 3.88. The number of rotatable bonds is 5. The molecule has 2 aromatic rings. The highest BCUT2D eigenvalue weighted by molar-refractivity contribution is 6.06. The van der Waals surface area contributed by atoms with Gasteiger partial charge in [-0.15, -0.1) is 0 Å². The van der Waals surface area contributed by atoms with Gasteiger partial charge >= 0.3 is 0 Å². The molecule has 22 heavy (non-hydrogen) atoms. The zero-order valence-corrected chi connectivity index (χ0v) is 12.3. The molecule has 2 rings (SSSR count). The Hall–Kier alpha value is -2.49. The van der Waals surface area contributed by atoms with Crippen LogP contribution < -0.4 is 4.74 Å². The summed E-state index contributed by atoms with van der Waals surface area (Å²) in [6.07, 6.45) is 3.03. The van der Waals surface area contributed by atoms with Crippen molar-refractivity contribution in [2.75, 3.05) is 0 Å². The van der Waals surface area contributed by atoms with Crippen LogP contribution in [-0.2, 0) is 0 Å². The van der Waals surface area contributed by atoms with Crippen molar-refractivity contribution in [2.45, 2.75) is 20.0 Å². The van der Waals surface area contributed by atoms with Gasteiger partial charge in [-0.25, -0.2) is 8.78 Å². The smallest absolute Gasteiger partial charge is 0.185 e. The van der Waals surface area contributed by atoms with Crippen molar-refractivity contribution in [1.29, 1.82) is 0 Å². The summed E-state index contributed by atoms with van der Waals surface area (Å²) in [6, 6.07) is 10.3. The SMILES string of the molecule is CC(C)Oc1ccc(/C=C/C(=O)c2ccc(F)c(F)c2)cc1. The standard InChI is InChI=1S/C18H16F2O2/c1-12(2)22-15-7-3-13(4-8-15)5-10-18(21)14-6-9-16(19)17(20)11-14/h3-12H,1-2H3/b10-5+. The zero-order chi connectivity index (χ0) is 16.1. The van der Waals surface area contributed by atoms with E-state index in [4.69, 9.17) is 4.74 Å². The first-order valence-corrected chi connectivity index (χ1v) is 6.90. The molecule has 0 atom stereocenters. The number of ketones is 1. The van der Waals surface area contributed by atoms with Gasteiger partial charge in [0.15, 0.2) is 17.4 Å². The maximum Gasteiger partial charge on any atom is 0.185 e. The maximum absolute atomic E-state index is 13.1. The van der Waals surface area contributed by atoms with E-state index in [1.807, 2.05) is 38.1 Å². The molecule has 0 aromatic heterocycles. The van der Waals surface area contributed by atoms with Crippen LogP contribution >= 0.6 is 0 Å². The van der Waals surface area contributed by atoms with Gasteiger partial charge in [-0.05, 0) is 55.8 Å². The predicted molar refractivity (Wildman–Crippen MR) is 81.9 cm³/mol. The third-order valence-corrected chi connectivity index (χ3v) is 2.88. The molecule has 0 N–H and O–H groups in total. The highest BCUT2D eigenvalue weighted by Gasteiger charge is 2.07. The second-order valence-corrected chi connectivity index (χ2v) is 5.06. The molecule has 0 radical (unpaired) electrons. The second kappa shape index (κ2) is 6.98. The molecule has 114 valence electrons. The van der Waals surface area contributed by atoms with Crippen molar-refractivity contribution in [1.82, 2.24) is 0 Å². The van der Waals surface area contributed by atoms with Crippen molar-refractivity contribution in [3.05, 3.63) is 71.3 Å². The van der Waals surface area contributed by atoms with E-state index in [0.29, 0.717) is 0 Å². The van der Waals surface area contributed by atoms with Crippen LogP contribution in [-0.4, -0.2) is 11.9 Å². The van der Waals surface area contributed by atoms with E-state index >= 15 is 0 Å². The van der Waals surface area contributed by atoms with E-state index in [1.165, 1.54) is 12.1 Å². The van der Waals surface area contributed by atoms with E-state index in [0.717, 1.165) is 23.4 Å². The van der Waals surface area contributed by atoms with Gasteiger partial charge in [0.25, 0.3) is 0 Å². The lowest BCUT2D eigenvalue weighted by Crippen LogP contribution is -2.05. The monoisotopic (exact) mass is 302 g/mol. The maximum atomic E-state index is 13.1. The summed E-state index contributed by atoms with van der Waals surface area (Å²) in [5.41, 5.74) is 0.918. The predicted octanol–water partition coefficient (Wildman–Crippen LogP) is 4.65. The van der Waals surface area contributed by atoms with Crippen LogP contribution in [0.4, 0.5) is 8.78 Å². The first-order valence-electron chi connectivity index (χ1n) is 6.90. The first-order chi connectivity index (χ1) is 10.5. The molecule has 0 heterocycles. The van der Waals surface area contributed by atoms with Crippen LogP contribution in [0.15, 0.2) is 48.5 Å². The fourth-order valence-corrected chi connectivity index (χ4v) is 1.85. The van der Waals surface area contributed by atoms with Gasteiger partial charge in [0.2, 0.25) is 0 Å². The van der Waals surface area contributed by atoms with Crippen LogP contribution in [0, 0.1) is 11.6 Å². The fraction of sp³-hybridized carbons (Fsp3) is 0.167. The van der Waals surface area contributed by atoms with E-state index in [-0.39, 0.29) is 17.5 Å². The van der Waals surface area contributed by atoms with E-state index in [2.05, 4.69) is 0 Å². The minimum atomic E-state index is -1.03. The lowest BCUT2D eigenvalue weighted by Gasteiger charge is -2.09. The van der Waals surface area contributed by atoms with E-state index in [1.54, 1.807) is 6.08 Å². The molecule has 0 unspecified atom stereocenters. The highest BCUT2D eigenvalue weighted by atomic mass is 19.2. The third kappa shape index (κ3) is 4.25. The molecule has 0 bridgehead atoms. The minimum absolute atomic E-state index is 0.0938. The lowest BCUT2D eigenvalue weighted by molar-refractivity contribution is 0.104. The number of allylic oxidation sites excluding steroid dienone is 1. The summed E-state index contributed by atoms with van der Waals surface area (Å²) < 4.78 is 31.4. The number of carbonyl (C=O) groups excluding carboxylic acids is 1. The topological polar surface area (TPSA) is 26.3 Å². The first kappa shape index (κ1) is 15.9. The summed E-state index contributed by atoms with van der Waals surface area (Å²) >= 11 is 0. The van der Waals surface area contributed by atoms with Crippen LogP contribution in [0.5, 0.6) is 5.75 Å². The molecule has 0 aliphatic carbocycles. The summed E-state index contributed by atoms with van der Waals surface area (Å²) in [4.78, 5) is 11.9. The van der Waals surface area contributed by atoms with Crippen molar-refractivity contribution in [3.63, 3.8) is 0 Å². The third-order valence-electron chi connectivity index (χ3n) is 2.88. The van der Waals surface area contributed by atoms with E-state index in [9.17, 15) is 13.6 Å². The van der Waals surface area contributed by atoms with Gasteiger partial charge in [0, 0.05) is 5.56 Å². The van der Waals surface area contributed by atoms with Crippen molar-refractivity contribution < 1.29 is 18.3 Å². The zero-order valence-electron chi connectivity index (χ0n) is 12.3. The molecule has 2 aromatic carbocycles. The number of benzene rings is 2. The average Bonchev–Trinajstić information content (AvgIpc) is 2.48. The molecule has 0 spiro atoms. The molecule has 0 aliphatic rings. The molecular formula is C18H16F2O2. The Morgan fingerprint density at radius 2 is 1.73 bits per heavy atom. The van der Waals surface area contributed by atoms with Gasteiger partial charge in [0.05, 0.1) is 6.10 Å². The number of carbonyl (C=O) groups is 1. The molecule has 0 aliphatic heterocycles. The van der Waals surface area contributed by atoms with Crippen LogP contribution in [0.3, 0.4) is 0 Å². The molecule has 0 amide bonds. The van der Waals surface area contributed by atoms with Crippen LogP contribution in [0.2, 0.25) is 0 Å². The molecule has 0 saturated carbocycles. The molecule has 2 nitrogen and oxygen atoms in total. The molecule has 0 fully saturated rings. The summed E-state index contributed by atoms with van der Waals surface area (Å²) in [5, 5.41) is 0. The Kier molecular flexibility index (Phi) is 5.04. The molecule has 4 heteroatoms. The number of hydrogen-bond acceptors (Lipinski definition) is 2. The van der Waals surface area contributed by atoms with Gasteiger partial charge in [-0.3, -0.25) is 4.79 Å². The Labute approximate surface area is 128 Å². The van der Waals surface area contributed by atoms with Gasteiger partial charge in [-0.2, -0.15) is 0 Å². The van der Waals surface area contributed by atoms with Crippen LogP contribution in [0.25, 0.3) is 6.08 Å². The summed E-state index contributed by atoms with van der Waals surface area (Å²) in [5.74, 6) is -1.64. The highest BCUT2D eigenvalue weighted by Crippen LogP contribution is 2.15. The minimum Gasteiger partial charge on any atom is -0.491 e. The Morgan fingerprint density at radius 3 is 2.32 bits per heavy atom. The second-order valence-electron chi connectivity index (χ2n) is 5.06. The van der Waals surface area contributed by atoms with Gasteiger partial charge < -0.3 is 4.74 Å². The molecule has 0 saturated heterocycles. The quantitative estimate of drug-likeness (QED) is 0.593. The van der Waals surface area contributed by atoms with Crippen molar-refractivity contribution in [3.8, 4) is 5.75 Å². The van der Waals surface area contributed by atoms with Crippen LogP contribution in [0.1, 0.15) is 29.8 Å². The Bertz CT molecular complexity index is 689. The fourth-order valence-electron chi connectivity index (χ4n) is 1.85. The van der Waals surface area contributed by atoms with Gasteiger partial charge in [0.1, 0.15) is 5.75 Å². The van der Waals surface area contributed by atoms with Crippen molar-refractivity contribution >= 4 is 11.9 Å². The lowest BCUT2D eigenvalue weighted by atomic mass is 10.1. The normalized spacial score (nSPS) is 11.1. The van der Waals surface area contributed by atoms with E-state index < -0.39 is 11.6 Å². The summed E-state index contributed by atoms with van der Waals surface area (Å²) in [7, 11) is 0.